The van der Waals surface area contributed by atoms with E-state index in [1.807, 2.05) is 13.0 Å². The van der Waals surface area contributed by atoms with Crippen LogP contribution in [-0.4, -0.2) is 17.4 Å². The number of carbonyl (C=O) groups excluding carboxylic acids is 1. The Morgan fingerprint density at radius 2 is 2.24 bits per heavy atom. The molecule has 1 aliphatic carbocycles. The van der Waals surface area contributed by atoms with Crippen LogP contribution in [-0.2, 0) is 10.3 Å². The molecule has 0 unspecified atom stereocenters. The van der Waals surface area contributed by atoms with E-state index in [4.69, 9.17) is 0 Å². The number of phenols is 1. The molecular formula is C14H19NO2. The van der Waals surface area contributed by atoms with Crippen LogP contribution in [0.4, 0.5) is 0 Å². The number of Topliss-reactive ketones (excluding diaryl/α,β-unsaturated/α-hetero) is 1. The summed E-state index contributed by atoms with van der Waals surface area (Å²) >= 11 is 0. The summed E-state index contributed by atoms with van der Waals surface area (Å²) in [6.45, 7) is 2.76. The molecule has 1 atom stereocenters. The van der Waals surface area contributed by atoms with Crippen molar-refractivity contribution in [1.29, 1.82) is 0 Å². The van der Waals surface area contributed by atoms with Gasteiger partial charge in [0.25, 0.3) is 0 Å². The quantitative estimate of drug-likeness (QED) is 0.842. The summed E-state index contributed by atoms with van der Waals surface area (Å²) in [4.78, 5) is 12.3. The van der Waals surface area contributed by atoms with E-state index in [1.165, 1.54) is 0 Å². The average molecular weight is 233 g/mol. The highest BCUT2D eigenvalue weighted by atomic mass is 16.3. The van der Waals surface area contributed by atoms with Crippen LogP contribution in [0.25, 0.3) is 0 Å². The third-order valence-electron chi connectivity index (χ3n) is 3.50. The van der Waals surface area contributed by atoms with Crippen LogP contribution in [0.2, 0.25) is 0 Å². The van der Waals surface area contributed by atoms with Gasteiger partial charge in [-0.2, -0.15) is 0 Å². The van der Waals surface area contributed by atoms with Crippen LogP contribution in [0.15, 0.2) is 24.3 Å². The van der Waals surface area contributed by atoms with E-state index < -0.39 is 5.54 Å². The van der Waals surface area contributed by atoms with Crippen LogP contribution >= 0.6 is 0 Å². The number of likely N-dealkylation sites (N-methyl/N-ethyl adjacent to an activating group) is 1. The summed E-state index contributed by atoms with van der Waals surface area (Å²) < 4.78 is 0. The Morgan fingerprint density at radius 3 is 2.88 bits per heavy atom. The van der Waals surface area contributed by atoms with Gasteiger partial charge < -0.3 is 10.4 Å². The summed E-state index contributed by atoms with van der Waals surface area (Å²) in [6, 6.07) is 7.06. The van der Waals surface area contributed by atoms with Crippen molar-refractivity contribution in [2.24, 2.45) is 0 Å². The van der Waals surface area contributed by atoms with E-state index in [9.17, 15) is 9.90 Å². The van der Waals surface area contributed by atoms with E-state index in [0.717, 1.165) is 31.4 Å². The number of hydrogen-bond donors (Lipinski definition) is 2. The van der Waals surface area contributed by atoms with Gasteiger partial charge in [-0.3, -0.25) is 4.79 Å². The zero-order chi connectivity index (χ0) is 12.3. The van der Waals surface area contributed by atoms with Gasteiger partial charge in [0.1, 0.15) is 11.3 Å². The molecule has 1 aromatic rings. The van der Waals surface area contributed by atoms with Gasteiger partial charge in [0.2, 0.25) is 0 Å². The fourth-order valence-corrected chi connectivity index (χ4v) is 2.70. The fraction of sp³-hybridized carbons (Fsp3) is 0.500. The van der Waals surface area contributed by atoms with Crippen LogP contribution in [0, 0.1) is 0 Å². The van der Waals surface area contributed by atoms with Crippen molar-refractivity contribution >= 4 is 5.78 Å². The molecule has 0 saturated heterocycles. The molecule has 0 aromatic heterocycles. The third kappa shape index (κ3) is 2.20. The van der Waals surface area contributed by atoms with Gasteiger partial charge >= 0.3 is 0 Å². The maximum atomic E-state index is 12.3. The zero-order valence-electron chi connectivity index (χ0n) is 10.2. The highest BCUT2D eigenvalue weighted by molar-refractivity contribution is 5.90. The molecule has 0 amide bonds. The lowest BCUT2D eigenvalue weighted by Crippen LogP contribution is -2.50. The molecule has 2 rings (SSSR count). The van der Waals surface area contributed by atoms with Crippen molar-refractivity contribution in [3.05, 3.63) is 29.8 Å². The van der Waals surface area contributed by atoms with Crippen molar-refractivity contribution < 1.29 is 9.90 Å². The molecule has 0 spiro atoms. The second kappa shape index (κ2) is 4.88. The van der Waals surface area contributed by atoms with E-state index >= 15 is 0 Å². The minimum atomic E-state index is -0.578. The van der Waals surface area contributed by atoms with E-state index in [2.05, 4.69) is 5.32 Å². The Kier molecular flexibility index (Phi) is 3.48. The van der Waals surface area contributed by atoms with Crippen molar-refractivity contribution in [2.75, 3.05) is 6.54 Å². The molecule has 0 aliphatic heterocycles. The highest BCUT2D eigenvalue weighted by Crippen LogP contribution is 2.35. The van der Waals surface area contributed by atoms with Crippen molar-refractivity contribution in [3.8, 4) is 5.75 Å². The Labute approximate surface area is 102 Å². The zero-order valence-corrected chi connectivity index (χ0v) is 10.2. The number of rotatable bonds is 3. The summed E-state index contributed by atoms with van der Waals surface area (Å²) in [5.41, 5.74) is 0.315. The lowest BCUT2D eigenvalue weighted by atomic mass is 9.75. The molecule has 3 nitrogen and oxygen atoms in total. The Morgan fingerprint density at radius 1 is 1.41 bits per heavy atom. The molecule has 0 radical (unpaired) electrons. The second-order valence-corrected chi connectivity index (χ2v) is 4.62. The molecule has 1 aromatic carbocycles. The van der Waals surface area contributed by atoms with Crippen LogP contribution in [0.1, 0.15) is 38.2 Å². The molecule has 3 heteroatoms. The molecule has 17 heavy (non-hydrogen) atoms. The topological polar surface area (TPSA) is 49.3 Å². The first-order valence-corrected chi connectivity index (χ1v) is 6.27. The van der Waals surface area contributed by atoms with E-state index in [1.54, 1.807) is 18.2 Å². The number of aromatic hydroxyl groups is 1. The van der Waals surface area contributed by atoms with Gasteiger partial charge in [0, 0.05) is 6.42 Å². The first-order valence-electron chi connectivity index (χ1n) is 6.27. The summed E-state index contributed by atoms with van der Waals surface area (Å²) in [6.07, 6.45) is 3.48. The molecular weight excluding hydrogens is 214 g/mol. The predicted molar refractivity (Wildman–Crippen MR) is 66.9 cm³/mol. The molecule has 92 valence electrons. The Balaban J connectivity index is 2.42. The van der Waals surface area contributed by atoms with E-state index in [-0.39, 0.29) is 11.5 Å². The SMILES string of the molecule is CCN[C@]1(c2cccc(O)c2)CCCCC1=O. The molecule has 1 saturated carbocycles. The maximum absolute atomic E-state index is 12.3. The molecule has 0 bridgehead atoms. The number of benzene rings is 1. The van der Waals surface area contributed by atoms with Crippen LogP contribution in [0.3, 0.4) is 0 Å². The minimum Gasteiger partial charge on any atom is -0.508 e. The maximum Gasteiger partial charge on any atom is 0.157 e. The smallest absolute Gasteiger partial charge is 0.157 e. The van der Waals surface area contributed by atoms with Crippen molar-refractivity contribution in [3.63, 3.8) is 0 Å². The van der Waals surface area contributed by atoms with Crippen molar-refractivity contribution in [2.45, 2.75) is 38.1 Å². The van der Waals surface area contributed by atoms with Crippen LogP contribution < -0.4 is 5.32 Å². The van der Waals surface area contributed by atoms with Crippen molar-refractivity contribution in [1.82, 2.24) is 5.32 Å². The fourth-order valence-electron chi connectivity index (χ4n) is 2.70. The average Bonchev–Trinajstić information content (AvgIpc) is 2.32. The van der Waals surface area contributed by atoms with Crippen LogP contribution in [0.5, 0.6) is 5.75 Å². The van der Waals surface area contributed by atoms with Gasteiger partial charge in [-0.1, -0.05) is 25.5 Å². The predicted octanol–water partition coefficient (Wildman–Crippen LogP) is 2.34. The largest absolute Gasteiger partial charge is 0.508 e. The van der Waals surface area contributed by atoms with Gasteiger partial charge in [-0.15, -0.1) is 0 Å². The number of phenolic OH excluding ortho intramolecular Hbond substituents is 1. The molecule has 0 heterocycles. The monoisotopic (exact) mass is 233 g/mol. The number of hydrogen-bond acceptors (Lipinski definition) is 3. The standard InChI is InChI=1S/C14H19NO2/c1-2-15-14(9-4-3-8-13(14)17)11-6-5-7-12(16)10-11/h5-7,10,15-16H,2-4,8-9H2,1H3/t14-/m0/s1. The number of nitrogens with one attached hydrogen (secondary N) is 1. The molecule has 1 fully saturated rings. The number of carbonyl (C=O) groups is 1. The Bertz CT molecular complexity index is 412. The summed E-state index contributed by atoms with van der Waals surface area (Å²) in [7, 11) is 0. The first-order chi connectivity index (χ1) is 8.19. The Hall–Kier alpha value is -1.35. The highest BCUT2D eigenvalue weighted by Gasteiger charge is 2.40. The summed E-state index contributed by atoms with van der Waals surface area (Å²) in [5.74, 6) is 0.467. The first kappa shape index (κ1) is 12.1. The second-order valence-electron chi connectivity index (χ2n) is 4.62. The van der Waals surface area contributed by atoms with Gasteiger partial charge in [-0.25, -0.2) is 0 Å². The molecule has 2 N–H and O–H groups in total. The summed E-state index contributed by atoms with van der Waals surface area (Å²) in [5, 5.41) is 12.9. The van der Waals surface area contributed by atoms with Gasteiger partial charge in [0.15, 0.2) is 5.78 Å². The molecule has 1 aliphatic rings. The third-order valence-corrected chi connectivity index (χ3v) is 3.50. The number of ketones is 1. The van der Waals surface area contributed by atoms with Gasteiger partial charge in [-0.05, 0) is 37.1 Å². The van der Waals surface area contributed by atoms with E-state index in [0.29, 0.717) is 6.42 Å². The lowest BCUT2D eigenvalue weighted by molar-refractivity contribution is -0.128. The normalized spacial score (nSPS) is 24.9. The lowest BCUT2D eigenvalue weighted by Gasteiger charge is -2.37. The van der Waals surface area contributed by atoms with Gasteiger partial charge in [0.05, 0.1) is 0 Å². The minimum absolute atomic E-state index is 0.221.